The maximum Gasteiger partial charge on any atom is 0.305 e. The van der Waals surface area contributed by atoms with Gasteiger partial charge in [0.25, 0.3) is 0 Å². The third-order valence-electron chi connectivity index (χ3n) is 2.75. The van der Waals surface area contributed by atoms with E-state index in [1.807, 2.05) is 5.38 Å². The summed E-state index contributed by atoms with van der Waals surface area (Å²) in [6.07, 6.45) is 1.52. The molecule has 0 atom stereocenters. The van der Waals surface area contributed by atoms with Gasteiger partial charge in [0, 0.05) is 32.4 Å². The Hall–Kier alpha value is -1.47. The number of carbonyl (C=O) groups is 2. The molecule has 0 spiro atoms. The topological polar surface area (TPSA) is 71.5 Å². The maximum absolute atomic E-state index is 11.6. The Morgan fingerprint density at radius 1 is 1.43 bits per heavy atom. The lowest BCUT2D eigenvalue weighted by Gasteiger charge is -2.07. The van der Waals surface area contributed by atoms with Crippen LogP contribution in [-0.4, -0.2) is 49.0 Å². The quantitative estimate of drug-likeness (QED) is 0.548. The standard InChI is InChI=1S/C14H23N3O3S/c1-4-20-14(19)6-5-7-15-9-11-10-21-12(16-11)8-13(18)17(2)3/h10,15H,4-9H2,1-3H3. The summed E-state index contributed by atoms with van der Waals surface area (Å²) in [4.78, 5) is 28.7. The van der Waals surface area contributed by atoms with Crippen LogP contribution in [0.25, 0.3) is 0 Å². The first kappa shape index (κ1) is 17.6. The minimum absolute atomic E-state index is 0.0540. The van der Waals surface area contributed by atoms with Gasteiger partial charge in [0.05, 0.1) is 18.7 Å². The molecule has 1 heterocycles. The summed E-state index contributed by atoms with van der Waals surface area (Å²) < 4.78 is 4.85. The van der Waals surface area contributed by atoms with Gasteiger partial charge in [0.1, 0.15) is 5.01 Å². The van der Waals surface area contributed by atoms with Gasteiger partial charge in [-0.25, -0.2) is 4.98 Å². The van der Waals surface area contributed by atoms with Gasteiger partial charge in [-0.2, -0.15) is 0 Å². The average Bonchev–Trinajstić information content (AvgIpc) is 2.86. The molecule has 0 aliphatic heterocycles. The first-order valence-electron chi connectivity index (χ1n) is 7.02. The number of nitrogens with zero attached hydrogens (tertiary/aromatic N) is 2. The number of hydrogen-bond donors (Lipinski definition) is 1. The van der Waals surface area contributed by atoms with Crippen LogP contribution in [-0.2, 0) is 27.3 Å². The molecule has 0 radical (unpaired) electrons. The van der Waals surface area contributed by atoms with E-state index in [0.29, 0.717) is 26.0 Å². The zero-order valence-electron chi connectivity index (χ0n) is 12.8. The van der Waals surface area contributed by atoms with Gasteiger partial charge >= 0.3 is 5.97 Å². The largest absolute Gasteiger partial charge is 0.466 e. The molecule has 0 aliphatic rings. The Labute approximate surface area is 129 Å². The fourth-order valence-corrected chi connectivity index (χ4v) is 2.39. The fraction of sp³-hybridized carbons (Fsp3) is 0.643. The van der Waals surface area contributed by atoms with Gasteiger partial charge in [-0.3, -0.25) is 9.59 Å². The van der Waals surface area contributed by atoms with Crippen molar-refractivity contribution in [3.63, 3.8) is 0 Å². The molecule has 7 heteroatoms. The van der Waals surface area contributed by atoms with E-state index >= 15 is 0 Å². The molecule has 0 fully saturated rings. The van der Waals surface area contributed by atoms with E-state index in [-0.39, 0.29) is 11.9 Å². The van der Waals surface area contributed by atoms with Crippen molar-refractivity contribution >= 4 is 23.2 Å². The Kier molecular flexibility index (Phi) is 7.92. The SMILES string of the molecule is CCOC(=O)CCCNCc1csc(CC(=O)N(C)C)n1. The minimum atomic E-state index is -0.155. The summed E-state index contributed by atoms with van der Waals surface area (Å²) in [5.41, 5.74) is 0.928. The average molecular weight is 313 g/mol. The van der Waals surface area contributed by atoms with Crippen LogP contribution in [0, 0.1) is 0 Å². The van der Waals surface area contributed by atoms with Crippen molar-refractivity contribution in [2.24, 2.45) is 0 Å². The van der Waals surface area contributed by atoms with Crippen molar-refractivity contribution in [1.82, 2.24) is 15.2 Å². The molecule has 6 nitrogen and oxygen atoms in total. The summed E-state index contributed by atoms with van der Waals surface area (Å²) in [7, 11) is 3.48. The Morgan fingerprint density at radius 3 is 2.86 bits per heavy atom. The summed E-state index contributed by atoms with van der Waals surface area (Å²) >= 11 is 1.50. The smallest absolute Gasteiger partial charge is 0.305 e. The third kappa shape index (κ3) is 7.19. The van der Waals surface area contributed by atoms with Gasteiger partial charge in [0.15, 0.2) is 0 Å². The summed E-state index contributed by atoms with van der Waals surface area (Å²) in [5.74, 6) is -0.101. The lowest BCUT2D eigenvalue weighted by molar-refractivity contribution is -0.143. The van der Waals surface area contributed by atoms with Crippen LogP contribution in [0.4, 0.5) is 0 Å². The summed E-state index contributed by atoms with van der Waals surface area (Å²) in [6, 6.07) is 0. The monoisotopic (exact) mass is 313 g/mol. The lowest BCUT2D eigenvalue weighted by atomic mass is 10.3. The van der Waals surface area contributed by atoms with E-state index in [2.05, 4.69) is 10.3 Å². The van der Waals surface area contributed by atoms with Gasteiger partial charge in [-0.1, -0.05) is 0 Å². The van der Waals surface area contributed by atoms with Crippen LogP contribution in [0.2, 0.25) is 0 Å². The minimum Gasteiger partial charge on any atom is -0.466 e. The van der Waals surface area contributed by atoms with Crippen molar-refractivity contribution < 1.29 is 14.3 Å². The van der Waals surface area contributed by atoms with E-state index < -0.39 is 0 Å². The molecule has 0 saturated carbocycles. The highest BCUT2D eigenvalue weighted by Gasteiger charge is 2.09. The fourth-order valence-electron chi connectivity index (χ4n) is 1.61. The van der Waals surface area contributed by atoms with Crippen LogP contribution < -0.4 is 5.32 Å². The van der Waals surface area contributed by atoms with E-state index in [0.717, 1.165) is 23.7 Å². The molecule has 1 aromatic heterocycles. The van der Waals surface area contributed by atoms with Crippen molar-refractivity contribution in [3.8, 4) is 0 Å². The number of esters is 1. The van der Waals surface area contributed by atoms with E-state index in [1.165, 1.54) is 11.3 Å². The molecule has 0 aliphatic carbocycles. The second-order valence-electron chi connectivity index (χ2n) is 4.78. The number of carbonyl (C=O) groups excluding carboxylic acids is 2. The molecule has 0 unspecified atom stereocenters. The number of aromatic nitrogens is 1. The van der Waals surface area contributed by atoms with Crippen molar-refractivity contribution in [1.29, 1.82) is 0 Å². The third-order valence-corrected chi connectivity index (χ3v) is 3.64. The molecular formula is C14H23N3O3S. The predicted octanol–water partition coefficient (Wildman–Crippen LogP) is 1.21. The first-order valence-corrected chi connectivity index (χ1v) is 7.90. The molecule has 1 rings (SSSR count). The lowest BCUT2D eigenvalue weighted by Crippen LogP contribution is -2.23. The van der Waals surface area contributed by atoms with Gasteiger partial charge in [-0.05, 0) is 19.9 Å². The van der Waals surface area contributed by atoms with Gasteiger partial charge < -0.3 is 15.0 Å². The van der Waals surface area contributed by atoms with Gasteiger partial charge in [-0.15, -0.1) is 11.3 Å². The Balaban J connectivity index is 2.20. The molecule has 1 amide bonds. The summed E-state index contributed by atoms with van der Waals surface area (Å²) in [6.45, 7) is 3.62. The highest BCUT2D eigenvalue weighted by molar-refractivity contribution is 7.09. The van der Waals surface area contributed by atoms with Crippen LogP contribution in [0.3, 0.4) is 0 Å². The molecule has 1 N–H and O–H groups in total. The number of nitrogens with one attached hydrogen (secondary N) is 1. The number of amides is 1. The van der Waals surface area contributed by atoms with Crippen LogP contribution in [0.15, 0.2) is 5.38 Å². The highest BCUT2D eigenvalue weighted by atomic mass is 32.1. The molecule has 0 bridgehead atoms. The molecule has 0 aromatic carbocycles. The highest BCUT2D eigenvalue weighted by Crippen LogP contribution is 2.11. The molecule has 118 valence electrons. The Bertz CT molecular complexity index is 460. The molecule has 21 heavy (non-hydrogen) atoms. The number of hydrogen-bond acceptors (Lipinski definition) is 6. The summed E-state index contributed by atoms with van der Waals surface area (Å²) in [5, 5.41) is 6.02. The van der Waals surface area contributed by atoms with Gasteiger partial charge in [0.2, 0.25) is 5.91 Å². The number of rotatable bonds is 9. The molecule has 1 aromatic rings. The van der Waals surface area contributed by atoms with E-state index in [9.17, 15) is 9.59 Å². The molecular weight excluding hydrogens is 290 g/mol. The first-order chi connectivity index (χ1) is 10.0. The van der Waals surface area contributed by atoms with Crippen LogP contribution in [0.5, 0.6) is 0 Å². The van der Waals surface area contributed by atoms with E-state index in [4.69, 9.17) is 4.74 Å². The number of ether oxygens (including phenoxy) is 1. The maximum atomic E-state index is 11.6. The second-order valence-corrected chi connectivity index (χ2v) is 5.73. The van der Waals surface area contributed by atoms with Crippen molar-refractivity contribution in [2.75, 3.05) is 27.2 Å². The normalized spacial score (nSPS) is 10.4. The zero-order valence-corrected chi connectivity index (χ0v) is 13.7. The second kappa shape index (κ2) is 9.46. The van der Waals surface area contributed by atoms with Crippen molar-refractivity contribution in [3.05, 3.63) is 16.1 Å². The zero-order chi connectivity index (χ0) is 15.7. The number of likely N-dealkylation sites (N-methyl/N-ethyl adjacent to an activating group) is 1. The predicted molar refractivity (Wildman–Crippen MR) is 82.1 cm³/mol. The van der Waals surface area contributed by atoms with E-state index in [1.54, 1.807) is 25.9 Å². The Morgan fingerprint density at radius 2 is 2.19 bits per heavy atom. The van der Waals surface area contributed by atoms with Crippen LogP contribution in [0.1, 0.15) is 30.5 Å². The molecule has 0 saturated heterocycles. The van der Waals surface area contributed by atoms with Crippen molar-refractivity contribution in [2.45, 2.75) is 32.7 Å². The van der Waals surface area contributed by atoms with Crippen LogP contribution >= 0.6 is 11.3 Å². The number of thiazole rings is 1.